The Kier molecular flexibility index (Phi) is 5.02. The number of pyridine rings is 1. The predicted molar refractivity (Wildman–Crippen MR) is 132 cm³/mol. The molecule has 0 atom stereocenters. The van der Waals surface area contributed by atoms with E-state index in [1.54, 1.807) is 6.20 Å². The van der Waals surface area contributed by atoms with Gasteiger partial charge in [0.1, 0.15) is 17.2 Å². The number of carbonyl (C=O) groups is 1. The van der Waals surface area contributed by atoms with Gasteiger partial charge in [-0.05, 0) is 38.1 Å². The number of aromatic nitrogens is 4. The predicted octanol–water partition coefficient (Wildman–Crippen LogP) is 3.24. The van der Waals surface area contributed by atoms with Crippen molar-refractivity contribution >= 4 is 34.4 Å². The van der Waals surface area contributed by atoms with E-state index in [1.165, 1.54) is 6.42 Å². The minimum atomic E-state index is -0.322. The Hall–Kier alpha value is -3.46. The van der Waals surface area contributed by atoms with E-state index in [1.807, 2.05) is 18.3 Å². The van der Waals surface area contributed by atoms with Crippen LogP contribution < -0.4 is 15.5 Å². The first-order chi connectivity index (χ1) is 16.5. The van der Waals surface area contributed by atoms with Gasteiger partial charge in [-0.15, -0.1) is 0 Å². The minimum absolute atomic E-state index is 0.130. The van der Waals surface area contributed by atoms with E-state index in [0.717, 1.165) is 74.3 Å². The highest BCUT2D eigenvalue weighted by Gasteiger charge is 2.44. The molecular weight excluding hydrogens is 428 g/mol. The molecule has 176 valence electrons. The molecular formula is C25H30N8O. The van der Waals surface area contributed by atoms with Gasteiger partial charge in [-0.3, -0.25) is 4.79 Å². The van der Waals surface area contributed by atoms with Gasteiger partial charge < -0.3 is 25.0 Å². The largest absolute Gasteiger partial charge is 0.368 e. The van der Waals surface area contributed by atoms with Crippen LogP contribution in [-0.2, 0) is 5.54 Å². The van der Waals surface area contributed by atoms with E-state index in [0.29, 0.717) is 17.5 Å². The molecule has 2 aliphatic heterocycles. The Morgan fingerprint density at radius 1 is 1.06 bits per heavy atom. The van der Waals surface area contributed by atoms with Gasteiger partial charge in [0.15, 0.2) is 0 Å². The van der Waals surface area contributed by atoms with Crippen molar-refractivity contribution in [2.75, 3.05) is 43.4 Å². The molecule has 34 heavy (non-hydrogen) atoms. The summed E-state index contributed by atoms with van der Waals surface area (Å²) in [6.45, 7) is 8.36. The number of allylic oxidation sites excluding steroid dienone is 1. The lowest BCUT2D eigenvalue weighted by molar-refractivity contribution is 0.0893. The van der Waals surface area contributed by atoms with Crippen molar-refractivity contribution in [3.63, 3.8) is 0 Å². The molecule has 5 heterocycles. The maximum Gasteiger partial charge on any atom is 0.272 e. The highest BCUT2D eigenvalue weighted by molar-refractivity contribution is 6.00. The van der Waals surface area contributed by atoms with Crippen LogP contribution in [0.5, 0.6) is 0 Å². The van der Waals surface area contributed by atoms with Gasteiger partial charge in [-0.1, -0.05) is 25.8 Å². The average Bonchev–Trinajstić information content (AvgIpc) is 3.25. The van der Waals surface area contributed by atoms with Gasteiger partial charge in [0.05, 0.1) is 17.4 Å². The lowest BCUT2D eigenvalue weighted by Crippen LogP contribution is -2.50. The first-order valence-corrected chi connectivity index (χ1v) is 12.1. The van der Waals surface area contributed by atoms with Gasteiger partial charge in [0, 0.05) is 43.5 Å². The van der Waals surface area contributed by atoms with Gasteiger partial charge in [-0.25, -0.2) is 9.97 Å². The van der Waals surface area contributed by atoms with E-state index < -0.39 is 0 Å². The molecule has 1 aliphatic carbocycles. The van der Waals surface area contributed by atoms with E-state index in [9.17, 15) is 4.79 Å². The average molecular weight is 459 g/mol. The minimum Gasteiger partial charge on any atom is -0.368 e. The zero-order valence-electron chi connectivity index (χ0n) is 19.5. The van der Waals surface area contributed by atoms with Gasteiger partial charge in [0.25, 0.3) is 5.91 Å². The standard InChI is InChI=1S/C25H30N8O/c1-17-25(8-4-3-5-9-25)33-20(23(34)28-17)14-18-15-27-24(30-22(18)33)29-21-7-6-19(16-26-21)32-12-10-31(2)11-13-32/h6-7,14-16H,1,3-5,8-13H2,2H3,(H,28,34)(H,26,27,29,30). The van der Waals surface area contributed by atoms with E-state index in [2.05, 4.69) is 54.7 Å². The van der Waals surface area contributed by atoms with Gasteiger partial charge in [0.2, 0.25) is 5.95 Å². The van der Waals surface area contributed by atoms with Crippen molar-refractivity contribution < 1.29 is 4.79 Å². The van der Waals surface area contributed by atoms with Crippen molar-refractivity contribution in [1.82, 2.24) is 29.7 Å². The summed E-state index contributed by atoms with van der Waals surface area (Å²) in [5.74, 6) is 1.03. The lowest BCUT2D eigenvalue weighted by Gasteiger charge is -2.44. The number of hydrogen-bond donors (Lipinski definition) is 2. The molecule has 3 aromatic rings. The molecule has 0 unspecified atom stereocenters. The third kappa shape index (κ3) is 3.42. The summed E-state index contributed by atoms with van der Waals surface area (Å²) >= 11 is 0. The van der Waals surface area contributed by atoms with Crippen molar-refractivity contribution in [2.45, 2.75) is 37.6 Å². The zero-order chi connectivity index (χ0) is 23.3. The van der Waals surface area contributed by atoms with Crippen LogP contribution in [-0.4, -0.2) is 63.6 Å². The summed E-state index contributed by atoms with van der Waals surface area (Å²) in [5.41, 5.74) is 2.97. The number of rotatable bonds is 3. The summed E-state index contributed by atoms with van der Waals surface area (Å²) in [4.78, 5) is 31.4. The monoisotopic (exact) mass is 458 g/mol. The maximum absolute atomic E-state index is 12.8. The number of carbonyl (C=O) groups excluding carboxylic acids is 1. The molecule has 6 rings (SSSR count). The SMILES string of the molecule is C=C1NC(=O)c2cc3cnc(Nc4ccc(N5CCN(C)CC5)cn4)nc3n2C12CCCCC2. The number of anilines is 3. The number of fused-ring (bicyclic) bond motifs is 4. The van der Waals surface area contributed by atoms with Crippen LogP contribution in [0.3, 0.4) is 0 Å². The Morgan fingerprint density at radius 2 is 1.85 bits per heavy atom. The van der Waals surface area contributed by atoms with Crippen LogP contribution >= 0.6 is 0 Å². The van der Waals surface area contributed by atoms with E-state index in [4.69, 9.17) is 4.98 Å². The van der Waals surface area contributed by atoms with Crippen molar-refractivity contribution in [1.29, 1.82) is 0 Å². The van der Waals surface area contributed by atoms with Crippen LogP contribution in [0.15, 0.2) is 42.9 Å². The number of nitrogens with zero attached hydrogens (tertiary/aromatic N) is 6. The van der Waals surface area contributed by atoms with Crippen molar-refractivity contribution in [3.8, 4) is 0 Å². The molecule has 0 bridgehead atoms. The third-order valence-corrected chi connectivity index (χ3v) is 7.56. The van der Waals surface area contributed by atoms with Crippen LogP contribution in [0.1, 0.15) is 42.6 Å². The highest BCUT2D eigenvalue weighted by Crippen LogP contribution is 2.44. The first-order valence-electron chi connectivity index (χ1n) is 12.1. The Morgan fingerprint density at radius 3 is 2.59 bits per heavy atom. The summed E-state index contributed by atoms with van der Waals surface area (Å²) in [5, 5.41) is 7.11. The van der Waals surface area contributed by atoms with Gasteiger partial charge >= 0.3 is 0 Å². The molecule has 9 heteroatoms. The molecule has 0 aromatic carbocycles. The van der Waals surface area contributed by atoms with Crippen LogP contribution in [0.4, 0.5) is 17.5 Å². The zero-order valence-corrected chi connectivity index (χ0v) is 19.5. The first kappa shape index (κ1) is 21.1. The van der Waals surface area contributed by atoms with Crippen LogP contribution in [0.2, 0.25) is 0 Å². The third-order valence-electron chi connectivity index (χ3n) is 7.56. The molecule has 1 amide bonds. The topological polar surface area (TPSA) is 91.2 Å². The summed E-state index contributed by atoms with van der Waals surface area (Å²) in [6, 6.07) is 5.94. The quantitative estimate of drug-likeness (QED) is 0.623. The second kappa shape index (κ2) is 8.09. The Bertz CT molecular complexity index is 1250. The molecule has 9 nitrogen and oxygen atoms in total. The molecule has 3 aromatic heterocycles. The van der Waals surface area contributed by atoms with Crippen LogP contribution in [0.25, 0.3) is 11.0 Å². The highest BCUT2D eigenvalue weighted by atomic mass is 16.2. The fraction of sp³-hybridized carbons (Fsp3) is 0.440. The molecule has 3 aliphatic rings. The molecule has 2 N–H and O–H groups in total. The number of piperazine rings is 1. The smallest absolute Gasteiger partial charge is 0.272 e. The number of likely N-dealkylation sites (N-methyl/N-ethyl adjacent to an activating group) is 1. The lowest BCUT2D eigenvalue weighted by atomic mass is 9.78. The molecule has 0 radical (unpaired) electrons. The fourth-order valence-corrected chi connectivity index (χ4v) is 5.59. The fourth-order valence-electron chi connectivity index (χ4n) is 5.59. The summed E-state index contributed by atoms with van der Waals surface area (Å²) in [7, 11) is 2.15. The second-order valence-electron chi connectivity index (χ2n) is 9.68. The number of hydrogen-bond acceptors (Lipinski definition) is 7. The second-order valence-corrected chi connectivity index (χ2v) is 9.68. The van der Waals surface area contributed by atoms with E-state index >= 15 is 0 Å². The van der Waals surface area contributed by atoms with Crippen molar-refractivity contribution in [3.05, 3.63) is 48.6 Å². The summed E-state index contributed by atoms with van der Waals surface area (Å²) < 4.78 is 2.11. The molecule has 2 fully saturated rings. The molecule has 1 saturated heterocycles. The normalized spacial score (nSPS) is 20.4. The van der Waals surface area contributed by atoms with Gasteiger partial charge in [-0.2, -0.15) is 4.98 Å². The maximum atomic E-state index is 12.8. The Balaban J connectivity index is 1.31. The number of amides is 1. The molecule has 1 spiro atoms. The summed E-state index contributed by atoms with van der Waals surface area (Å²) in [6.07, 6.45) is 8.99. The number of nitrogens with one attached hydrogen (secondary N) is 2. The Labute approximate surface area is 198 Å². The van der Waals surface area contributed by atoms with Crippen LogP contribution in [0, 0.1) is 0 Å². The van der Waals surface area contributed by atoms with Crippen molar-refractivity contribution in [2.24, 2.45) is 0 Å². The molecule has 1 saturated carbocycles. The van der Waals surface area contributed by atoms with E-state index in [-0.39, 0.29) is 11.4 Å².